The van der Waals surface area contributed by atoms with E-state index in [1.165, 1.54) is 16.9 Å². The Morgan fingerprint density at radius 3 is 2.89 bits per heavy atom. The van der Waals surface area contributed by atoms with E-state index < -0.39 is 5.60 Å². The van der Waals surface area contributed by atoms with Gasteiger partial charge >= 0.3 is 0 Å². The highest BCUT2D eigenvalue weighted by molar-refractivity contribution is 7.15. The van der Waals surface area contributed by atoms with Crippen molar-refractivity contribution in [1.29, 1.82) is 0 Å². The van der Waals surface area contributed by atoms with Gasteiger partial charge in [0, 0.05) is 44.0 Å². The Balaban J connectivity index is 1.39. The molecule has 0 bridgehead atoms. The van der Waals surface area contributed by atoms with Crippen LogP contribution in [0, 0.1) is 0 Å². The number of hydrogen-bond donors (Lipinski definition) is 2. The van der Waals surface area contributed by atoms with E-state index in [0.29, 0.717) is 31.2 Å². The molecule has 2 aliphatic heterocycles. The second-order valence-corrected chi connectivity index (χ2v) is 8.66. The van der Waals surface area contributed by atoms with Gasteiger partial charge in [-0.05, 0) is 24.8 Å². The smallest absolute Gasteiger partial charge is 0.255 e. The predicted molar refractivity (Wildman–Crippen MR) is 106 cm³/mol. The monoisotopic (exact) mass is 386 g/mol. The predicted octanol–water partition coefficient (Wildman–Crippen LogP) is 1.68. The summed E-state index contributed by atoms with van der Waals surface area (Å²) in [6.45, 7) is 3.27. The number of rotatable bonds is 5. The molecule has 0 unspecified atom stereocenters. The fourth-order valence-electron chi connectivity index (χ4n) is 4.11. The average Bonchev–Trinajstić information content (AvgIpc) is 3.03. The first-order chi connectivity index (χ1) is 13.0. The molecule has 1 amide bonds. The fraction of sp³-hybridized carbons (Fsp3) is 0.500. The summed E-state index contributed by atoms with van der Waals surface area (Å²) in [6.07, 6.45) is 3.01. The van der Waals surface area contributed by atoms with Crippen molar-refractivity contribution < 1.29 is 9.90 Å². The Kier molecular flexibility index (Phi) is 5.16. The lowest BCUT2D eigenvalue weighted by atomic mass is 9.90. The Labute approximate surface area is 163 Å². The normalized spacial score (nSPS) is 23.4. The molecule has 6 nitrogen and oxygen atoms in total. The molecule has 144 valence electrons. The van der Waals surface area contributed by atoms with Crippen molar-refractivity contribution in [2.24, 2.45) is 0 Å². The maximum absolute atomic E-state index is 13.0. The molecule has 4 rings (SSSR count). The maximum Gasteiger partial charge on any atom is 0.255 e. The molecular weight excluding hydrogens is 360 g/mol. The quantitative estimate of drug-likeness (QED) is 0.817. The first kappa shape index (κ1) is 18.4. The van der Waals surface area contributed by atoms with Crippen LogP contribution in [0.4, 0.5) is 5.13 Å². The van der Waals surface area contributed by atoms with Crippen molar-refractivity contribution in [3.63, 3.8) is 0 Å². The van der Waals surface area contributed by atoms with Gasteiger partial charge in [-0.3, -0.25) is 9.69 Å². The van der Waals surface area contributed by atoms with E-state index in [4.69, 9.17) is 5.73 Å². The third kappa shape index (κ3) is 4.00. The number of nitrogens with two attached hydrogens (primary N) is 1. The first-order valence-corrected chi connectivity index (χ1v) is 10.4. The minimum absolute atomic E-state index is 0.126. The van der Waals surface area contributed by atoms with Gasteiger partial charge in [0.25, 0.3) is 5.91 Å². The van der Waals surface area contributed by atoms with E-state index in [-0.39, 0.29) is 5.91 Å². The van der Waals surface area contributed by atoms with Crippen molar-refractivity contribution in [3.8, 4) is 0 Å². The van der Waals surface area contributed by atoms with Crippen LogP contribution >= 0.6 is 11.3 Å². The van der Waals surface area contributed by atoms with Gasteiger partial charge in [0.2, 0.25) is 0 Å². The Morgan fingerprint density at radius 1 is 1.26 bits per heavy atom. The molecule has 1 atom stereocenters. The highest BCUT2D eigenvalue weighted by Crippen LogP contribution is 2.30. The van der Waals surface area contributed by atoms with E-state index in [1.54, 1.807) is 0 Å². The molecule has 7 heteroatoms. The van der Waals surface area contributed by atoms with Crippen molar-refractivity contribution in [2.45, 2.75) is 37.8 Å². The first-order valence-electron chi connectivity index (χ1n) is 9.56. The number of carbonyl (C=O) groups is 1. The van der Waals surface area contributed by atoms with E-state index >= 15 is 0 Å². The SMILES string of the molecule is Nc1nc2c(s1)CN(C[C@]1(O)CCCN(CCc3ccccc3)C1=O)CC2. The molecule has 1 fully saturated rings. The number of amides is 1. The van der Waals surface area contributed by atoms with Gasteiger partial charge in [-0.1, -0.05) is 30.3 Å². The number of likely N-dealkylation sites (tertiary alicyclic amines) is 1. The summed E-state index contributed by atoms with van der Waals surface area (Å²) in [7, 11) is 0. The van der Waals surface area contributed by atoms with Crippen LogP contribution in [0.1, 0.15) is 29.0 Å². The van der Waals surface area contributed by atoms with Crippen LogP contribution in [0.2, 0.25) is 0 Å². The molecule has 3 N–H and O–H groups in total. The highest BCUT2D eigenvalue weighted by atomic mass is 32.1. The Morgan fingerprint density at radius 2 is 2.07 bits per heavy atom. The minimum atomic E-state index is -1.29. The van der Waals surface area contributed by atoms with Crippen molar-refractivity contribution in [3.05, 3.63) is 46.5 Å². The number of piperidine rings is 1. The summed E-state index contributed by atoms with van der Waals surface area (Å²) < 4.78 is 0. The molecular formula is C20H26N4O2S. The molecule has 3 heterocycles. The molecule has 2 aromatic rings. The lowest BCUT2D eigenvalue weighted by Gasteiger charge is -2.41. The zero-order valence-corrected chi connectivity index (χ0v) is 16.2. The van der Waals surface area contributed by atoms with Crippen molar-refractivity contribution in [1.82, 2.24) is 14.8 Å². The summed E-state index contributed by atoms with van der Waals surface area (Å²) in [5, 5.41) is 11.7. The van der Waals surface area contributed by atoms with E-state index in [1.807, 2.05) is 23.1 Å². The van der Waals surface area contributed by atoms with Crippen molar-refractivity contribution in [2.75, 3.05) is 31.9 Å². The zero-order valence-electron chi connectivity index (χ0n) is 15.4. The molecule has 0 saturated carbocycles. The number of carbonyl (C=O) groups excluding carboxylic acids is 1. The minimum Gasteiger partial charge on any atom is -0.379 e. The Hall–Kier alpha value is -1.96. The number of nitrogen functional groups attached to an aromatic ring is 1. The molecule has 0 spiro atoms. The van der Waals surface area contributed by atoms with Crippen LogP contribution in [0.15, 0.2) is 30.3 Å². The summed E-state index contributed by atoms with van der Waals surface area (Å²) in [4.78, 5) is 22.5. The average molecular weight is 387 g/mol. The van der Waals surface area contributed by atoms with Crippen LogP contribution in [-0.4, -0.2) is 57.6 Å². The van der Waals surface area contributed by atoms with Crippen LogP contribution < -0.4 is 5.73 Å². The van der Waals surface area contributed by atoms with Gasteiger partial charge in [0.15, 0.2) is 10.7 Å². The van der Waals surface area contributed by atoms with Gasteiger partial charge in [-0.25, -0.2) is 4.98 Å². The number of benzene rings is 1. The lowest BCUT2D eigenvalue weighted by molar-refractivity contribution is -0.159. The Bertz CT molecular complexity index is 810. The molecule has 1 saturated heterocycles. The number of aromatic nitrogens is 1. The number of nitrogens with zero attached hydrogens (tertiary/aromatic N) is 3. The number of thiazole rings is 1. The van der Waals surface area contributed by atoms with Crippen LogP contribution in [0.3, 0.4) is 0 Å². The maximum atomic E-state index is 13.0. The lowest BCUT2D eigenvalue weighted by Crippen LogP contribution is -2.59. The fourth-order valence-corrected chi connectivity index (χ4v) is 5.03. The molecule has 2 aliphatic rings. The zero-order chi connectivity index (χ0) is 18.9. The third-order valence-corrected chi connectivity index (χ3v) is 6.44. The van der Waals surface area contributed by atoms with Gasteiger partial charge in [0.1, 0.15) is 0 Å². The summed E-state index contributed by atoms with van der Waals surface area (Å²) in [5.74, 6) is -0.126. The van der Waals surface area contributed by atoms with E-state index in [9.17, 15) is 9.90 Å². The standard InChI is InChI=1S/C20H26N4O2S/c21-19-22-16-8-11-23(13-17(16)27-19)14-20(26)9-4-10-24(18(20)25)12-7-15-5-2-1-3-6-15/h1-3,5-6,26H,4,7-14H2,(H2,21,22)/t20-/m1/s1. The van der Waals surface area contributed by atoms with Crippen LogP contribution in [0.25, 0.3) is 0 Å². The van der Waals surface area contributed by atoms with Gasteiger partial charge < -0.3 is 15.7 Å². The second-order valence-electron chi connectivity index (χ2n) is 7.55. The molecule has 0 radical (unpaired) electrons. The summed E-state index contributed by atoms with van der Waals surface area (Å²) in [5.41, 5.74) is 6.81. The van der Waals surface area contributed by atoms with Gasteiger partial charge in [-0.2, -0.15) is 0 Å². The van der Waals surface area contributed by atoms with Gasteiger partial charge in [0.05, 0.1) is 5.69 Å². The van der Waals surface area contributed by atoms with Crippen LogP contribution in [-0.2, 0) is 24.2 Å². The largest absolute Gasteiger partial charge is 0.379 e. The highest BCUT2D eigenvalue weighted by Gasteiger charge is 2.43. The topological polar surface area (TPSA) is 82.7 Å². The van der Waals surface area contributed by atoms with Crippen molar-refractivity contribution >= 4 is 22.4 Å². The number of hydrogen-bond acceptors (Lipinski definition) is 6. The van der Waals surface area contributed by atoms with E-state index in [2.05, 4.69) is 22.0 Å². The van der Waals surface area contributed by atoms with Gasteiger partial charge in [-0.15, -0.1) is 11.3 Å². The number of aliphatic hydroxyl groups is 1. The van der Waals surface area contributed by atoms with Crippen LogP contribution in [0.5, 0.6) is 0 Å². The molecule has 0 aliphatic carbocycles. The number of β-amino-alcohol motifs (C(OH)–C–C–N with tert-alkyl or cyclic N) is 1. The summed E-state index contributed by atoms with van der Waals surface area (Å²) in [6, 6.07) is 10.2. The molecule has 1 aromatic heterocycles. The molecule has 27 heavy (non-hydrogen) atoms. The summed E-state index contributed by atoms with van der Waals surface area (Å²) >= 11 is 1.51. The molecule has 1 aromatic carbocycles. The number of fused-ring (bicyclic) bond motifs is 1. The van der Waals surface area contributed by atoms with E-state index in [0.717, 1.165) is 42.9 Å². The second kappa shape index (κ2) is 7.58. The number of anilines is 1. The third-order valence-electron chi connectivity index (χ3n) is 5.53.